The predicted molar refractivity (Wildman–Crippen MR) is 87.2 cm³/mol. The fourth-order valence-electron chi connectivity index (χ4n) is 2.45. The zero-order valence-electron chi connectivity index (χ0n) is 13.2. The van der Waals surface area contributed by atoms with E-state index in [0.717, 1.165) is 10.0 Å². The second kappa shape index (κ2) is 6.38. The van der Waals surface area contributed by atoms with Crippen LogP contribution in [0.25, 0.3) is 0 Å². The molecule has 1 aromatic carbocycles. The molecule has 0 fully saturated rings. The van der Waals surface area contributed by atoms with Crippen molar-refractivity contribution in [3.63, 3.8) is 0 Å². The van der Waals surface area contributed by atoms with Gasteiger partial charge in [-0.15, -0.1) is 0 Å². The zero-order chi connectivity index (χ0) is 16.5. The van der Waals surface area contributed by atoms with Crippen molar-refractivity contribution in [1.82, 2.24) is 0 Å². The van der Waals surface area contributed by atoms with Gasteiger partial charge in [-0.2, -0.15) is 0 Å². The molecule has 1 aromatic rings. The minimum Gasteiger partial charge on any atom is -0.443 e. The van der Waals surface area contributed by atoms with Gasteiger partial charge in [0.15, 0.2) is 5.78 Å². The molecule has 0 saturated heterocycles. The van der Waals surface area contributed by atoms with Crippen LogP contribution in [0.1, 0.15) is 26.3 Å². The van der Waals surface area contributed by atoms with Gasteiger partial charge in [-0.05, 0) is 44.5 Å². The number of hydrogen-bond acceptors (Lipinski definition) is 4. The Morgan fingerprint density at radius 1 is 1.36 bits per heavy atom. The molecular weight excluding hydrogens is 350 g/mol. The van der Waals surface area contributed by atoms with E-state index in [9.17, 15) is 9.59 Å². The van der Waals surface area contributed by atoms with Gasteiger partial charge in [0.2, 0.25) is 0 Å². The Labute approximate surface area is 138 Å². The smallest absolute Gasteiger partial charge is 0.415 e. The number of benzene rings is 1. The first-order valence-corrected chi connectivity index (χ1v) is 7.84. The SMILES string of the molecule is COCC(=O)[C@H]1Cc2cc(Br)ccc2N1C(=O)OC(C)(C)C. The van der Waals surface area contributed by atoms with Gasteiger partial charge in [0.05, 0.1) is 5.69 Å². The maximum Gasteiger partial charge on any atom is 0.415 e. The monoisotopic (exact) mass is 369 g/mol. The third-order valence-electron chi connectivity index (χ3n) is 3.27. The summed E-state index contributed by atoms with van der Waals surface area (Å²) in [5.41, 5.74) is 1.03. The number of carbonyl (C=O) groups excluding carboxylic acids is 2. The minimum atomic E-state index is -0.621. The molecule has 0 N–H and O–H groups in total. The van der Waals surface area contributed by atoms with Crippen LogP contribution in [0.15, 0.2) is 22.7 Å². The molecule has 0 aromatic heterocycles. The van der Waals surface area contributed by atoms with Gasteiger partial charge in [0.25, 0.3) is 0 Å². The molecule has 5 nitrogen and oxygen atoms in total. The van der Waals surface area contributed by atoms with Crippen LogP contribution in [-0.2, 0) is 20.7 Å². The van der Waals surface area contributed by atoms with E-state index in [4.69, 9.17) is 9.47 Å². The van der Waals surface area contributed by atoms with E-state index in [1.165, 1.54) is 12.0 Å². The van der Waals surface area contributed by atoms with Crippen LogP contribution in [0, 0.1) is 0 Å². The van der Waals surface area contributed by atoms with Gasteiger partial charge in [0.1, 0.15) is 18.2 Å². The molecular formula is C16H20BrNO4. The van der Waals surface area contributed by atoms with Crippen molar-refractivity contribution in [3.8, 4) is 0 Å². The van der Waals surface area contributed by atoms with E-state index in [0.29, 0.717) is 12.1 Å². The van der Waals surface area contributed by atoms with Crippen molar-refractivity contribution in [3.05, 3.63) is 28.2 Å². The van der Waals surface area contributed by atoms with E-state index in [1.807, 2.05) is 18.2 Å². The van der Waals surface area contributed by atoms with E-state index < -0.39 is 17.7 Å². The highest BCUT2D eigenvalue weighted by atomic mass is 79.9. The Kier molecular flexibility index (Phi) is 4.92. The fourth-order valence-corrected chi connectivity index (χ4v) is 2.86. The summed E-state index contributed by atoms with van der Waals surface area (Å²) in [6.07, 6.45) is -0.0426. The number of hydrogen-bond donors (Lipinski definition) is 0. The standard InChI is InChI=1S/C16H20BrNO4/c1-16(2,3)22-15(20)18-12-6-5-11(17)7-10(12)8-13(18)14(19)9-21-4/h5-7,13H,8-9H2,1-4H3/t13-/m1/s1. The summed E-state index contributed by atoms with van der Waals surface area (Å²) in [5.74, 6) is -0.138. The Hall–Kier alpha value is -1.40. The van der Waals surface area contributed by atoms with Crippen LogP contribution in [0.2, 0.25) is 0 Å². The molecule has 1 aliphatic rings. The average molecular weight is 370 g/mol. The van der Waals surface area contributed by atoms with Crippen molar-refractivity contribution in [2.24, 2.45) is 0 Å². The minimum absolute atomic E-state index is 0.0286. The third-order valence-corrected chi connectivity index (χ3v) is 3.77. The number of rotatable bonds is 3. The largest absolute Gasteiger partial charge is 0.443 e. The van der Waals surface area contributed by atoms with Crippen molar-refractivity contribution < 1.29 is 19.1 Å². The number of halogens is 1. The second-order valence-electron chi connectivity index (χ2n) is 6.24. The number of ketones is 1. The van der Waals surface area contributed by atoms with Gasteiger partial charge < -0.3 is 9.47 Å². The molecule has 0 spiro atoms. The lowest BCUT2D eigenvalue weighted by Gasteiger charge is -2.28. The number of fused-ring (bicyclic) bond motifs is 1. The van der Waals surface area contributed by atoms with Crippen molar-refractivity contribution in [1.29, 1.82) is 0 Å². The van der Waals surface area contributed by atoms with Crippen LogP contribution >= 0.6 is 15.9 Å². The summed E-state index contributed by atoms with van der Waals surface area (Å²) < 4.78 is 11.3. The first kappa shape index (κ1) is 17.0. The molecule has 1 heterocycles. The quantitative estimate of drug-likeness (QED) is 0.819. The molecule has 22 heavy (non-hydrogen) atoms. The number of Topliss-reactive ketones (excluding diaryl/α,β-unsaturated/α-hetero) is 1. The lowest BCUT2D eigenvalue weighted by Crippen LogP contribution is -2.46. The maximum absolute atomic E-state index is 12.5. The first-order chi connectivity index (χ1) is 10.2. The number of anilines is 1. The number of amides is 1. The summed E-state index contributed by atoms with van der Waals surface area (Å²) in [7, 11) is 1.47. The lowest BCUT2D eigenvalue weighted by atomic mass is 10.1. The normalized spacial score (nSPS) is 17.3. The van der Waals surface area contributed by atoms with Crippen molar-refractivity contribution in [2.75, 3.05) is 18.6 Å². The highest BCUT2D eigenvalue weighted by Gasteiger charge is 2.40. The Bertz CT molecular complexity index is 594. The highest BCUT2D eigenvalue weighted by molar-refractivity contribution is 9.10. The summed E-state index contributed by atoms with van der Waals surface area (Å²) in [4.78, 5) is 26.3. The first-order valence-electron chi connectivity index (χ1n) is 7.05. The molecule has 1 atom stereocenters. The predicted octanol–water partition coefficient (Wildman–Crippen LogP) is 3.33. The van der Waals surface area contributed by atoms with E-state index in [1.54, 1.807) is 20.8 Å². The number of methoxy groups -OCH3 is 1. The molecule has 0 bridgehead atoms. The van der Waals surface area contributed by atoms with Gasteiger partial charge in [-0.3, -0.25) is 9.69 Å². The molecule has 0 unspecified atom stereocenters. The Morgan fingerprint density at radius 2 is 2.05 bits per heavy atom. The lowest BCUT2D eigenvalue weighted by molar-refractivity contribution is -0.123. The molecule has 120 valence electrons. The molecule has 6 heteroatoms. The van der Waals surface area contributed by atoms with Crippen LogP contribution in [0.4, 0.5) is 10.5 Å². The summed E-state index contributed by atoms with van der Waals surface area (Å²) >= 11 is 3.41. The second-order valence-corrected chi connectivity index (χ2v) is 7.16. The van der Waals surface area contributed by atoms with Crippen molar-refractivity contribution >= 4 is 33.5 Å². The summed E-state index contributed by atoms with van der Waals surface area (Å²) in [6, 6.07) is 5.01. The molecule has 1 aliphatic heterocycles. The van der Waals surface area contributed by atoms with E-state index in [2.05, 4.69) is 15.9 Å². The Morgan fingerprint density at radius 3 is 2.64 bits per heavy atom. The van der Waals surface area contributed by atoms with Crippen LogP contribution in [0.5, 0.6) is 0 Å². The average Bonchev–Trinajstić information content (AvgIpc) is 2.75. The topological polar surface area (TPSA) is 55.8 Å². The van der Waals surface area contributed by atoms with Crippen LogP contribution in [-0.4, -0.2) is 37.2 Å². The summed E-state index contributed by atoms with van der Waals surface area (Å²) in [6.45, 7) is 5.37. The molecule has 0 aliphatic carbocycles. The van der Waals surface area contributed by atoms with Gasteiger partial charge in [-0.25, -0.2) is 4.79 Å². The number of carbonyl (C=O) groups is 2. The van der Waals surface area contributed by atoms with E-state index in [-0.39, 0.29) is 12.4 Å². The van der Waals surface area contributed by atoms with Gasteiger partial charge >= 0.3 is 6.09 Å². The van der Waals surface area contributed by atoms with Gasteiger partial charge in [0, 0.05) is 18.0 Å². The van der Waals surface area contributed by atoms with Crippen LogP contribution in [0.3, 0.4) is 0 Å². The van der Waals surface area contributed by atoms with Crippen LogP contribution < -0.4 is 4.90 Å². The number of nitrogens with zero attached hydrogens (tertiary/aromatic N) is 1. The fraction of sp³-hybridized carbons (Fsp3) is 0.500. The van der Waals surface area contributed by atoms with E-state index >= 15 is 0 Å². The molecule has 2 rings (SSSR count). The zero-order valence-corrected chi connectivity index (χ0v) is 14.8. The molecule has 0 saturated carbocycles. The summed E-state index contributed by atoms with van der Waals surface area (Å²) in [5, 5.41) is 0. The third kappa shape index (κ3) is 3.67. The van der Waals surface area contributed by atoms with Crippen molar-refractivity contribution in [2.45, 2.75) is 38.8 Å². The molecule has 1 amide bonds. The number of ether oxygens (including phenoxy) is 2. The molecule has 0 radical (unpaired) electrons. The van der Waals surface area contributed by atoms with Gasteiger partial charge in [-0.1, -0.05) is 15.9 Å². The maximum atomic E-state index is 12.5. The Balaban J connectivity index is 2.36. The highest BCUT2D eigenvalue weighted by Crippen LogP contribution is 2.35.